The quantitative estimate of drug-likeness (QED) is 0.893. The van der Waals surface area contributed by atoms with Crippen molar-refractivity contribution in [2.45, 2.75) is 18.9 Å². The molecule has 0 bridgehead atoms. The Hall–Kier alpha value is -1.24. The van der Waals surface area contributed by atoms with Crippen LogP contribution in [0.5, 0.6) is 5.75 Å². The van der Waals surface area contributed by atoms with Crippen molar-refractivity contribution in [1.82, 2.24) is 5.32 Å². The summed E-state index contributed by atoms with van der Waals surface area (Å²) in [6, 6.07) is 7.27. The lowest BCUT2D eigenvalue weighted by atomic mass is 9.82. The number of benzene rings is 1. The Morgan fingerprint density at radius 2 is 2.29 bits per heavy atom. The predicted molar refractivity (Wildman–Crippen MR) is 67.2 cm³/mol. The van der Waals surface area contributed by atoms with Gasteiger partial charge in [0, 0.05) is 5.02 Å². The molecule has 0 amide bonds. The van der Waals surface area contributed by atoms with Gasteiger partial charge in [-0.25, -0.2) is 0 Å². The highest BCUT2D eigenvalue weighted by molar-refractivity contribution is 6.30. The first-order valence-corrected chi connectivity index (χ1v) is 6.11. The van der Waals surface area contributed by atoms with Crippen LogP contribution >= 0.6 is 11.6 Å². The lowest BCUT2D eigenvalue weighted by molar-refractivity contribution is 0.0655. The van der Waals surface area contributed by atoms with E-state index in [-0.39, 0.29) is 6.10 Å². The largest absolute Gasteiger partial charge is 0.489 e. The van der Waals surface area contributed by atoms with Gasteiger partial charge >= 0.3 is 0 Å². The van der Waals surface area contributed by atoms with Crippen molar-refractivity contribution in [3.05, 3.63) is 28.8 Å². The van der Waals surface area contributed by atoms with Gasteiger partial charge in [-0.2, -0.15) is 5.26 Å². The predicted octanol–water partition coefficient (Wildman–Crippen LogP) is 2.59. The van der Waals surface area contributed by atoms with Crippen molar-refractivity contribution in [3.8, 4) is 11.8 Å². The normalized spacial score (nSPS) is 22.6. The van der Waals surface area contributed by atoms with Crippen LogP contribution in [0.1, 0.15) is 18.4 Å². The summed E-state index contributed by atoms with van der Waals surface area (Å²) >= 11 is 5.83. The molecule has 0 unspecified atom stereocenters. The van der Waals surface area contributed by atoms with E-state index < -0.39 is 0 Å². The molecule has 0 aliphatic heterocycles. The first kappa shape index (κ1) is 12.2. The van der Waals surface area contributed by atoms with Gasteiger partial charge in [-0.05, 0) is 50.6 Å². The summed E-state index contributed by atoms with van der Waals surface area (Å²) in [6.45, 7) is 1.03. The second kappa shape index (κ2) is 5.39. The van der Waals surface area contributed by atoms with Crippen LogP contribution in [0.4, 0.5) is 0 Å². The zero-order valence-corrected chi connectivity index (χ0v) is 10.5. The summed E-state index contributed by atoms with van der Waals surface area (Å²) in [5, 5.41) is 12.7. The Labute approximate surface area is 106 Å². The zero-order chi connectivity index (χ0) is 12.3. The number of halogens is 1. The zero-order valence-electron chi connectivity index (χ0n) is 9.74. The monoisotopic (exact) mass is 250 g/mol. The van der Waals surface area contributed by atoms with E-state index in [4.69, 9.17) is 21.6 Å². The molecule has 1 aromatic rings. The number of nitrogens with zero attached hydrogens (tertiary/aromatic N) is 1. The van der Waals surface area contributed by atoms with Crippen LogP contribution in [-0.2, 0) is 0 Å². The van der Waals surface area contributed by atoms with E-state index in [1.807, 2.05) is 7.05 Å². The number of ether oxygens (including phenoxy) is 1. The second-order valence-corrected chi connectivity index (χ2v) is 4.82. The number of hydrogen-bond acceptors (Lipinski definition) is 3. The molecule has 3 nitrogen and oxygen atoms in total. The van der Waals surface area contributed by atoms with E-state index in [1.165, 1.54) is 0 Å². The highest BCUT2D eigenvalue weighted by Crippen LogP contribution is 2.32. The summed E-state index contributed by atoms with van der Waals surface area (Å²) in [5.41, 5.74) is 0.509. The van der Waals surface area contributed by atoms with E-state index >= 15 is 0 Å². The van der Waals surface area contributed by atoms with Gasteiger partial charge < -0.3 is 10.1 Å². The minimum absolute atomic E-state index is 0.238. The first-order chi connectivity index (χ1) is 8.22. The average molecular weight is 251 g/mol. The maximum Gasteiger partial charge on any atom is 0.137 e. The van der Waals surface area contributed by atoms with Gasteiger partial charge in [0.2, 0.25) is 0 Å². The molecule has 1 N–H and O–H groups in total. The van der Waals surface area contributed by atoms with Crippen molar-refractivity contribution >= 4 is 11.6 Å². The topological polar surface area (TPSA) is 45.0 Å². The van der Waals surface area contributed by atoms with Crippen LogP contribution in [-0.4, -0.2) is 19.7 Å². The number of nitriles is 1. The van der Waals surface area contributed by atoms with Crippen LogP contribution in [0.15, 0.2) is 18.2 Å². The summed E-state index contributed by atoms with van der Waals surface area (Å²) in [5.74, 6) is 1.34. The molecule has 0 spiro atoms. The molecule has 0 saturated heterocycles. The molecular weight excluding hydrogens is 236 g/mol. The first-order valence-electron chi connectivity index (χ1n) is 5.74. The fourth-order valence-electron chi connectivity index (χ4n) is 2.10. The molecule has 1 aliphatic carbocycles. The Morgan fingerprint density at radius 1 is 1.53 bits per heavy atom. The third-order valence-electron chi connectivity index (χ3n) is 3.04. The SMILES string of the molecule is CNCC1CC(Oc2ccc(Cl)cc2C#N)C1. The van der Waals surface area contributed by atoms with E-state index in [0.29, 0.717) is 22.3 Å². The maximum absolute atomic E-state index is 8.98. The molecule has 0 heterocycles. The Bertz CT molecular complexity index is 436. The van der Waals surface area contributed by atoms with E-state index in [0.717, 1.165) is 19.4 Å². The highest BCUT2D eigenvalue weighted by Gasteiger charge is 2.30. The Balaban J connectivity index is 1.95. The molecule has 4 heteroatoms. The van der Waals surface area contributed by atoms with Crippen LogP contribution in [0.25, 0.3) is 0 Å². The van der Waals surface area contributed by atoms with Crippen molar-refractivity contribution < 1.29 is 4.74 Å². The van der Waals surface area contributed by atoms with Crippen LogP contribution in [0, 0.1) is 17.2 Å². The van der Waals surface area contributed by atoms with Gasteiger partial charge in [-0.15, -0.1) is 0 Å². The summed E-state index contributed by atoms with van der Waals surface area (Å²) in [4.78, 5) is 0. The molecule has 90 valence electrons. The van der Waals surface area contributed by atoms with Crippen LogP contribution in [0.2, 0.25) is 5.02 Å². The molecule has 1 saturated carbocycles. The Kier molecular flexibility index (Phi) is 3.88. The Morgan fingerprint density at radius 3 is 2.94 bits per heavy atom. The standard InChI is InChI=1S/C13H15ClN2O/c1-16-8-9-4-12(5-9)17-13-3-2-11(14)6-10(13)7-15/h2-3,6,9,12,16H,4-5,8H2,1H3. The molecule has 2 rings (SSSR count). The number of hydrogen-bond donors (Lipinski definition) is 1. The lowest BCUT2D eigenvalue weighted by Gasteiger charge is -2.35. The second-order valence-electron chi connectivity index (χ2n) is 4.39. The molecule has 17 heavy (non-hydrogen) atoms. The van der Waals surface area contributed by atoms with Crippen molar-refractivity contribution in [1.29, 1.82) is 5.26 Å². The van der Waals surface area contributed by atoms with E-state index in [9.17, 15) is 0 Å². The van der Waals surface area contributed by atoms with Crippen LogP contribution in [0.3, 0.4) is 0 Å². The lowest BCUT2D eigenvalue weighted by Crippen LogP contribution is -2.38. The number of nitrogens with one attached hydrogen (secondary N) is 1. The molecule has 1 aliphatic rings. The van der Waals surface area contributed by atoms with Crippen molar-refractivity contribution in [2.24, 2.45) is 5.92 Å². The number of rotatable bonds is 4. The maximum atomic E-state index is 8.98. The van der Waals surface area contributed by atoms with Gasteiger partial charge in [0.05, 0.1) is 11.7 Å². The van der Waals surface area contributed by atoms with Gasteiger partial charge in [0.25, 0.3) is 0 Å². The molecule has 0 aromatic heterocycles. The van der Waals surface area contributed by atoms with E-state index in [1.54, 1.807) is 18.2 Å². The van der Waals surface area contributed by atoms with Gasteiger partial charge in [-0.1, -0.05) is 11.6 Å². The molecule has 1 fully saturated rings. The molecule has 0 radical (unpaired) electrons. The molecule has 0 atom stereocenters. The highest BCUT2D eigenvalue weighted by atomic mass is 35.5. The third-order valence-corrected chi connectivity index (χ3v) is 3.28. The van der Waals surface area contributed by atoms with Crippen LogP contribution < -0.4 is 10.1 Å². The summed E-state index contributed by atoms with van der Waals surface area (Å²) in [7, 11) is 1.96. The smallest absolute Gasteiger partial charge is 0.137 e. The fraction of sp³-hybridized carbons (Fsp3) is 0.462. The molecular formula is C13H15ClN2O. The van der Waals surface area contributed by atoms with Crippen molar-refractivity contribution in [2.75, 3.05) is 13.6 Å². The minimum Gasteiger partial charge on any atom is -0.489 e. The van der Waals surface area contributed by atoms with Gasteiger partial charge in [0.15, 0.2) is 0 Å². The van der Waals surface area contributed by atoms with Gasteiger partial charge in [-0.3, -0.25) is 0 Å². The third kappa shape index (κ3) is 2.91. The average Bonchev–Trinajstić information content (AvgIpc) is 2.28. The summed E-state index contributed by atoms with van der Waals surface area (Å²) < 4.78 is 5.79. The fourth-order valence-corrected chi connectivity index (χ4v) is 2.27. The van der Waals surface area contributed by atoms with Gasteiger partial charge in [0.1, 0.15) is 11.8 Å². The van der Waals surface area contributed by atoms with Crippen molar-refractivity contribution in [3.63, 3.8) is 0 Å². The summed E-state index contributed by atoms with van der Waals surface area (Å²) in [6.07, 6.45) is 2.34. The minimum atomic E-state index is 0.238. The van der Waals surface area contributed by atoms with E-state index in [2.05, 4.69) is 11.4 Å². The molecule has 1 aromatic carbocycles.